The largest absolute Gasteiger partial charge is 0.309 e. The van der Waals surface area contributed by atoms with E-state index in [9.17, 15) is 9.18 Å². The summed E-state index contributed by atoms with van der Waals surface area (Å²) in [4.78, 5) is 20.3. The van der Waals surface area contributed by atoms with Crippen molar-refractivity contribution in [2.45, 2.75) is 36.8 Å². The molecule has 0 aliphatic carbocycles. The number of H-pyrrole nitrogens is 1. The van der Waals surface area contributed by atoms with Gasteiger partial charge in [0, 0.05) is 10.3 Å². The van der Waals surface area contributed by atoms with Crippen LogP contribution in [0.4, 0.5) is 4.39 Å². The molecule has 0 spiro atoms. The van der Waals surface area contributed by atoms with Gasteiger partial charge in [-0.1, -0.05) is 20.8 Å². The van der Waals surface area contributed by atoms with Crippen LogP contribution in [0.1, 0.15) is 32.3 Å². The van der Waals surface area contributed by atoms with Crippen LogP contribution in [0.15, 0.2) is 34.0 Å². The van der Waals surface area contributed by atoms with E-state index in [0.29, 0.717) is 15.1 Å². The Morgan fingerprint density at radius 1 is 1.29 bits per heavy atom. The van der Waals surface area contributed by atoms with Gasteiger partial charge in [-0.05, 0) is 46.9 Å². The third kappa shape index (κ3) is 4.29. The minimum absolute atomic E-state index is 0.106. The lowest BCUT2D eigenvalue weighted by molar-refractivity contribution is 0.557. The molecule has 0 atom stereocenters. The predicted octanol–water partition coefficient (Wildman–Crippen LogP) is 4.10. The van der Waals surface area contributed by atoms with Gasteiger partial charge in [-0.25, -0.2) is 9.37 Å². The fourth-order valence-electron chi connectivity index (χ4n) is 1.75. The van der Waals surface area contributed by atoms with Gasteiger partial charge in [0.2, 0.25) is 0 Å². The first kappa shape index (κ1) is 16.5. The van der Waals surface area contributed by atoms with E-state index < -0.39 is 0 Å². The first-order valence-corrected chi connectivity index (χ1v) is 8.51. The van der Waals surface area contributed by atoms with Crippen molar-refractivity contribution in [3.05, 3.63) is 55.5 Å². The minimum Gasteiger partial charge on any atom is -0.309 e. The number of aromatic amines is 1. The molecular weight excluding hydrogens is 402 g/mol. The number of hydrogen-bond acceptors (Lipinski definition) is 3. The summed E-state index contributed by atoms with van der Waals surface area (Å²) in [5, 5.41) is 0. The van der Waals surface area contributed by atoms with Crippen molar-refractivity contribution in [1.82, 2.24) is 9.97 Å². The van der Waals surface area contributed by atoms with Crippen LogP contribution < -0.4 is 5.56 Å². The molecule has 1 heterocycles. The van der Waals surface area contributed by atoms with Gasteiger partial charge >= 0.3 is 0 Å². The zero-order valence-electron chi connectivity index (χ0n) is 12.0. The average Bonchev–Trinajstić information content (AvgIpc) is 2.40. The lowest BCUT2D eigenvalue weighted by Crippen LogP contribution is -2.25. The van der Waals surface area contributed by atoms with Crippen LogP contribution in [0.3, 0.4) is 0 Å². The van der Waals surface area contributed by atoms with Gasteiger partial charge in [-0.2, -0.15) is 0 Å². The SMILES string of the molecule is CC(C)(C)c1nc(CSc2ccc(F)cc2)[nH]c(=O)c1I. The van der Waals surface area contributed by atoms with E-state index in [1.54, 1.807) is 12.1 Å². The van der Waals surface area contributed by atoms with Crippen molar-refractivity contribution in [3.8, 4) is 0 Å². The standard InChI is InChI=1S/C15H16FIN2OS/c1-15(2,3)13-12(17)14(20)19-11(18-13)8-21-10-6-4-9(16)5-7-10/h4-7H,8H2,1-3H3,(H,18,19,20). The molecule has 112 valence electrons. The number of halogens is 2. The summed E-state index contributed by atoms with van der Waals surface area (Å²) in [6.45, 7) is 6.11. The van der Waals surface area contributed by atoms with Gasteiger partial charge in [0.15, 0.2) is 0 Å². The molecule has 2 rings (SSSR count). The second kappa shape index (κ2) is 6.48. The van der Waals surface area contributed by atoms with Gasteiger partial charge in [0.05, 0.1) is 11.4 Å². The smallest absolute Gasteiger partial charge is 0.264 e. The maximum absolute atomic E-state index is 12.9. The molecule has 3 nitrogen and oxygen atoms in total. The van der Waals surface area contributed by atoms with Crippen LogP contribution in [-0.2, 0) is 11.2 Å². The molecule has 0 bridgehead atoms. The highest BCUT2D eigenvalue weighted by atomic mass is 127. The van der Waals surface area contributed by atoms with E-state index in [1.165, 1.54) is 23.9 Å². The fourth-order valence-corrected chi connectivity index (χ4v) is 3.59. The van der Waals surface area contributed by atoms with Gasteiger partial charge in [0.25, 0.3) is 5.56 Å². The second-order valence-corrected chi connectivity index (χ2v) is 7.80. The highest BCUT2D eigenvalue weighted by molar-refractivity contribution is 14.1. The van der Waals surface area contributed by atoms with Crippen LogP contribution >= 0.6 is 34.4 Å². The van der Waals surface area contributed by atoms with Crippen molar-refractivity contribution >= 4 is 34.4 Å². The Balaban J connectivity index is 2.23. The number of hydrogen-bond donors (Lipinski definition) is 1. The third-order valence-electron chi connectivity index (χ3n) is 2.81. The molecule has 0 saturated carbocycles. The van der Waals surface area contributed by atoms with Crippen LogP contribution in [0.5, 0.6) is 0 Å². The first-order chi connectivity index (χ1) is 9.77. The summed E-state index contributed by atoms with van der Waals surface area (Å²) in [6.07, 6.45) is 0. The molecule has 1 N–H and O–H groups in total. The molecule has 1 aromatic heterocycles. The Hall–Kier alpha value is -0.890. The number of nitrogens with zero attached hydrogens (tertiary/aromatic N) is 1. The van der Waals surface area contributed by atoms with Crippen LogP contribution in [0, 0.1) is 9.39 Å². The summed E-state index contributed by atoms with van der Waals surface area (Å²) in [6, 6.07) is 6.28. The molecule has 0 radical (unpaired) electrons. The van der Waals surface area contributed by atoms with E-state index in [2.05, 4.69) is 9.97 Å². The molecule has 0 aliphatic rings. The highest BCUT2D eigenvalue weighted by Gasteiger charge is 2.21. The molecule has 2 aromatic rings. The first-order valence-electron chi connectivity index (χ1n) is 6.45. The van der Waals surface area contributed by atoms with Crippen molar-refractivity contribution in [1.29, 1.82) is 0 Å². The molecule has 1 aromatic carbocycles. The van der Waals surface area contributed by atoms with Gasteiger partial charge in [0.1, 0.15) is 15.2 Å². The molecular formula is C15H16FIN2OS. The Morgan fingerprint density at radius 2 is 1.90 bits per heavy atom. The van der Waals surface area contributed by atoms with E-state index in [4.69, 9.17) is 0 Å². The number of thioether (sulfide) groups is 1. The van der Waals surface area contributed by atoms with Crippen molar-refractivity contribution in [2.75, 3.05) is 0 Å². The molecule has 21 heavy (non-hydrogen) atoms. The Bertz CT molecular complexity index is 692. The normalized spacial score (nSPS) is 11.7. The van der Waals surface area contributed by atoms with E-state index in [0.717, 1.165) is 10.6 Å². The maximum atomic E-state index is 12.9. The lowest BCUT2D eigenvalue weighted by Gasteiger charge is -2.19. The number of aromatic nitrogens is 2. The van der Waals surface area contributed by atoms with Crippen LogP contribution in [0.2, 0.25) is 0 Å². The lowest BCUT2D eigenvalue weighted by atomic mass is 9.92. The number of benzene rings is 1. The van der Waals surface area contributed by atoms with Crippen molar-refractivity contribution in [3.63, 3.8) is 0 Å². The Kier molecular flexibility index (Phi) is 5.08. The second-order valence-electron chi connectivity index (χ2n) is 5.67. The summed E-state index contributed by atoms with van der Waals surface area (Å²) in [7, 11) is 0. The minimum atomic E-state index is -0.254. The maximum Gasteiger partial charge on any atom is 0.264 e. The summed E-state index contributed by atoms with van der Waals surface area (Å²) < 4.78 is 13.5. The topological polar surface area (TPSA) is 45.8 Å². The van der Waals surface area contributed by atoms with Crippen LogP contribution in [0.25, 0.3) is 0 Å². The van der Waals surface area contributed by atoms with E-state index >= 15 is 0 Å². The van der Waals surface area contributed by atoms with E-state index in [1.807, 2.05) is 43.4 Å². The predicted molar refractivity (Wildman–Crippen MR) is 92.2 cm³/mol. The Morgan fingerprint density at radius 3 is 2.48 bits per heavy atom. The van der Waals surface area contributed by atoms with Crippen LogP contribution in [-0.4, -0.2) is 9.97 Å². The molecule has 6 heteroatoms. The van der Waals surface area contributed by atoms with Gasteiger partial charge in [-0.3, -0.25) is 4.79 Å². The number of nitrogens with one attached hydrogen (secondary N) is 1. The van der Waals surface area contributed by atoms with Gasteiger partial charge < -0.3 is 4.98 Å². The van der Waals surface area contributed by atoms with Crippen molar-refractivity contribution in [2.24, 2.45) is 0 Å². The van der Waals surface area contributed by atoms with Crippen molar-refractivity contribution < 1.29 is 4.39 Å². The molecule has 0 unspecified atom stereocenters. The zero-order valence-corrected chi connectivity index (χ0v) is 15.0. The quantitative estimate of drug-likeness (QED) is 0.603. The monoisotopic (exact) mass is 418 g/mol. The summed E-state index contributed by atoms with van der Waals surface area (Å²) in [5.74, 6) is 0.927. The van der Waals surface area contributed by atoms with E-state index in [-0.39, 0.29) is 16.8 Å². The van der Waals surface area contributed by atoms with Gasteiger partial charge in [-0.15, -0.1) is 11.8 Å². The average molecular weight is 418 g/mol. The third-order valence-corrected chi connectivity index (χ3v) is 4.84. The summed E-state index contributed by atoms with van der Waals surface area (Å²) >= 11 is 3.55. The Labute approximate surface area is 140 Å². The molecule has 0 amide bonds. The fraction of sp³-hybridized carbons (Fsp3) is 0.333. The summed E-state index contributed by atoms with van der Waals surface area (Å²) in [5.41, 5.74) is 0.520. The molecule has 0 aliphatic heterocycles. The molecule has 0 fully saturated rings. The number of rotatable bonds is 3. The highest BCUT2D eigenvalue weighted by Crippen LogP contribution is 2.25. The zero-order chi connectivity index (χ0) is 15.6. The molecule has 0 saturated heterocycles.